The summed E-state index contributed by atoms with van der Waals surface area (Å²) in [6, 6.07) is 8.29. The molecule has 9 nitrogen and oxygen atoms in total. The highest BCUT2D eigenvalue weighted by atomic mass is 16.2. The third-order valence-corrected chi connectivity index (χ3v) is 6.77. The third-order valence-electron chi connectivity index (χ3n) is 6.77. The van der Waals surface area contributed by atoms with Crippen molar-refractivity contribution < 1.29 is 0 Å². The van der Waals surface area contributed by atoms with Gasteiger partial charge in [0.15, 0.2) is 11.2 Å². The molecule has 9 heteroatoms. The van der Waals surface area contributed by atoms with Crippen LogP contribution in [0.15, 0.2) is 33.9 Å². The third kappa shape index (κ3) is 3.40. The van der Waals surface area contributed by atoms with Gasteiger partial charge in [0.05, 0.1) is 0 Å². The molecule has 2 aromatic heterocycles. The van der Waals surface area contributed by atoms with Crippen molar-refractivity contribution in [2.45, 2.75) is 32.4 Å². The van der Waals surface area contributed by atoms with Crippen LogP contribution in [0.25, 0.3) is 11.2 Å². The minimum atomic E-state index is -0.293. The van der Waals surface area contributed by atoms with Crippen LogP contribution in [0.4, 0.5) is 17.3 Å². The van der Waals surface area contributed by atoms with Crippen molar-refractivity contribution in [3.63, 3.8) is 0 Å². The Bertz CT molecular complexity index is 1250. The lowest BCUT2D eigenvalue weighted by Crippen LogP contribution is -2.43. The van der Waals surface area contributed by atoms with E-state index in [4.69, 9.17) is 4.98 Å². The number of piperidine rings is 1. The molecule has 5 rings (SSSR count). The predicted molar refractivity (Wildman–Crippen MR) is 127 cm³/mol. The first-order chi connectivity index (χ1) is 15.5. The molecule has 0 N–H and O–H groups in total. The summed E-state index contributed by atoms with van der Waals surface area (Å²) in [6.45, 7) is 4.64. The topological polar surface area (TPSA) is 71.5 Å². The van der Waals surface area contributed by atoms with Gasteiger partial charge in [-0.15, -0.1) is 0 Å². The van der Waals surface area contributed by atoms with E-state index in [1.807, 2.05) is 18.7 Å². The summed E-state index contributed by atoms with van der Waals surface area (Å²) >= 11 is 0. The van der Waals surface area contributed by atoms with Crippen molar-refractivity contribution in [2.24, 2.45) is 7.05 Å². The van der Waals surface area contributed by atoms with Gasteiger partial charge in [-0.05, 0) is 50.2 Å². The number of imidazole rings is 1. The molecule has 2 aliphatic rings. The van der Waals surface area contributed by atoms with E-state index in [1.54, 1.807) is 7.05 Å². The molecule has 1 saturated heterocycles. The molecule has 0 spiro atoms. The average molecular weight is 438 g/mol. The second kappa shape index (κ2) is 8.12. The van der Waals surface area contributed by atoms with Gasteiger partial charge in [0.1, 0.15) is 0 Å². The van der Waals surface area contributed by atoms with Crippen LogP contribution in [0.1, 0.15) is 19.3 Å². The summed E-state index contributed by atoms with van der Waals surface area (Å²) in [7, 11) is 5.74. The van der Waals surface area contributed by atoms with Crippen LogP contribution in [-0.4, -0.2) is 63.9 Å². The fraction of sp³-hybridized carbons (Fsp3) is 0.522. The van der Waals surface area contributed by atoms with Crippen LogP contribution in [-0.2, 0) is 20.1 Å². The minimum Gasteiger partial charge on any atom is -0.378 e. The molecule has 0 aliphatic carbocycles. The van der Waals surface area contributed by atoms with Crippen molar-refractivity contribution in [1.82, 2.24) is 23.6 Å². The molecule has 1 aromatic carbocycles. The zero-order chi connectivity index (χ0) is 22.4. The summed E-state index contributed by atoms with van der Waals surface area (Å²) in [6.07, 6.45) is 3.64. The Hall–Kier alpha value is -3.07. The summed E-state index contributed by atoms with van der Waals surface area (Å²) < 4.78 is 4.88. The summed E-state index contributed by atoms with van der Waals surface area (Å²) in [5.74, 6) is 0.721. The fourth-order valence-electron chi connectivity index (χ4n) is 4.87. The summed E-state index contributed by atoms with van der Waals surface area (Å²) in [5, 5.41) is 0. The normalized spacial score (nSPS) is 16.7. The molecule has 4 heterocycles. The largest absolute Gasteiger partial charge is 0.378 e. The number of rotatable bonds is 5. The number of fused-ring (bicyclic) bond motifs is 3. The number of benzene rings is 1. The zero-order valence-corrected chi connectivity index (χ0v) is 19.1. The lowest BCUT2D eigenvalue weighted by atomic mass is 10.1. The highest BCUT2D eigenvalue weighted by Crippen LogP contribution is 2.32. The Balaban J connectivity index is 1.51. The van der Waals surface area contributed by atoms with Crippen LogP contribution < -0.4 is 21.0 Å². The Labute approximate surface area is 187 Å². The zero-order valence-electron chi connectivity index (χ0n) is 19.1. The smallest absolute Gasteiger partial charge is 0.332 e. The quantitative estimate of drug-likeness (QED) is 0.604. The van der Waals surface area contributed by atoms with Crippen LogP contribution >= 0.6 is 0 Å². The van der Waals surface area contributed by atoms with Crippen LogP contribution in [0.5, 0.6) is 0 Å². The minimum absolute atomic E-state index is 0.233. The molecule has 3 aromatic rings. The highest BCUT2D eigenvalue weighted by Gasteiger charge is 2.28. The molecule has 170 valence electrons. The Morgan fingerprint density at radius 2 is 1.66 bits per heavy atom. The maximum atomic E-state index is 13.4. The first-order valence-electron chi connectivity index (χ1n) is 11.4. The number of likely N-dealkylation sites (tertiary alicyclic amines) is 1. The van der Waals surface area contributed by atoms with Crippen LogP contribution in [0.3, 0.4) is 0 Å². The van der Waals surface area contributed by atoms with Gasteiger partial charge < -0.3 is 19.3 Å². The molecular weight excluding hydrogens is 406 g/mol. The summed E-state index contributed by atoms with van der Waals surface area (Å²) in [4.78, 5) is 37.7. The van der Waals surface area contributed by atoms with Gasteiger partial charge in [-0.1, -0.05) is 6.42 Å². The number of anilines is 3. The Kier molecular flexibility index (Phi) is 5.28. The van der Waals surface area contributed by atoms with Crippen molar-refractivity contribution in [1.29, 1.82) is 0 Å². The standard InChI is InChI=1S/C23H31N7O2/c1-25(2)17-7-9-18(10-8-17)28-15-16-29-19-20(24-22(28)29)26(3)23(32)30(21(19)31)14-13-27-11-5-4-6-12-27/h7-10H,4-6,11-16H2,1-3H3. The predicted octanol–water partition coefficient (Wildman–Crippen LogP) is 1.60. The van der Waals surface area contributed by atoms with E-state index in [2.05, 4.69) is 39.0 Å². The van der Waals surface area contributed by atoms with E-state index < -0.39 is 0 Å². The van der Waals surface area contributed by atoms with Crippen molar-refractivity contribution in [3.05, 3.63) is 45.1 Å². The van der Waals surface area contributed by atoms with Crippen LogP contribution in [0, 0.1) is 0 Å². The molecule has 0 atom stereocenters. The van der Waals surface area contributed by atoms with Crippen LogP contribution in [0.2, 0.25) is 0 Å². The first kappa shape index (κ1) is 20.8. The second-order valence-corrected chi connectivity index (χ2v) is 9.00. The Morgan fingerprint density at radius 3 is 2.34 bits per heavy atom. The van der Waals surface area contributed by atoms with E-state index in [-0.39, 0.29) is 11.2 Å². The molecule has 0 radical (unpaired) electrons. The van der Waals surface area contributed by atoms with Gasteiger partial charge in [-0.25, -0.2) is 4.79 Å². The number of hydrogen-bond acceptors (Lipinski definition) is 6. The Morgan fingerprint density at radius 1 is 0.938 bits per heavy atom. The van der Waals surface area contributed by atoms with Gasteiger partial charge in [-0.2, -0.15) is 4.98 Å². The molecular formula is C23H31N7O2. The SMILES string of the molecule is CN(C)c1ccc(N2CCn3c2nc2c3c(=O)n(CCN3CCCCC3)c(=O)n2C)cc1. The molecule has 1 fully saturated rings. The number of aryl methyl sites for hydroxylation is 1. The average Bonchev–Trinajstić information content (AvgIpc) is 3.38. The molecule has 32 heavy (non-hydrogen) atoms. The summed E-state index contributed by atoms with van der Waals surface area (Å²) in [5.41, 5.74) is 2.61. The number of nitrogens with zero attached hydrogens (tertiary/aromatic N) is 7. The highest BCUT2D eigenvalue weighted by molar-refractivity contribution is 5.78. The van der Waals surface area contributed by atoms with E-state index >= 15 is 0 Å². The second-order valence-electron chi connectivity index (χ2n) is 9.00. The van der Waals surface area contributed by atoms with Crippen molar-refractivity contribution in [3.8, 4) is 0 Å². The van der Waals surface area contributed by atoms with Gasteiger partial charge in [-0.3, -0.25) is 13.9 Å². The van der Waals surface area contributed by atoms with E-state index in [1.165, 1.54) is 28.4 Å². The molecule has 0 amide bonds. The van der Waals surface area contributed by atoms with E-state index in [0.717, 1.165) is 43.5 Å². The molecule has 0 unspecified atom stereocenters. The van der Waals surface area contributed by atoms with Gasteiger partial charge in [0.2, 0.25) is 5.95 Å². The van der Waals surface area contributed by atoms with Crippen molar-refractivity contribution in [2.75, 3.05) is 50.1 Å². The lowest BCUT2D eigenvalue weighted by Gasteiger charge is -2.26. The molecule has 0 saturated carbocycles. The lowest BCUT2D eigenvalue weighted by molar-refractivity contribution is 0.218. The number of aromatic nitrogens is 4. The molecule has 0 bridgehead atoms. The fourth-order valence-corrected chi connectivity index (χ4v) is 4.87. The van der Waals surface area contributed by atoms with Gasteiger partial charge in [0, 0.05) is 58.7 Å². The van der Waals surface area contributed by atoms with Gasteiger partial charge in [0.25, 0.3) is 5.56 Å². The van der Waals surface area contributed by atoms with Gasteiger partial charge >= 0.3 is 5.69 Å². The maximum absolute atomic E-state index is 13.4. The first-order valence-corrected chi connectivity index (χ1v) is 11.4. The van der Waals surface area contributed by atoms with Crippen molar-refractivity contribution >= 4 is 28.5 Å². The maximum Gasteiger partial charge on any atom is 0.332 e. The van der Waals surface area contributed by atoms with E-state index in [0.29, 0.717) is 24.3 Å². The number of hydrogen-bond donors (Lipinski definition) is 0. The molecule has 2 aliphatic heterocycles. The van der Waals surface area contributed by atoms with E-state index in [9.17, 15) is 9.59 Å². The monoisotopic (exact) mass is 437 g/mol.